The van der Waals surface area contributed by atoms with E-state index >= 15 is 0 Å². The van der Waals surface area contributed by atoms with Crippen molar-refractivity contribution >= 4 is 16.8 Å². The molecule has 1 aromatic carbocycles. The standard InChI is InChI=1S/C23H28N4O/c1-25-13-11-17-14-18(9-10-20(17)25)22-19(15-24-26(22)2)23(28)27-12-5-7-16-6-3-4-8-21(16)27/h9-11,13-16,21H,3-8,12H2,1-2H3. The molecule has 0 spiro atoms. The maximum atomic E-state index is 13.6. The summed E-state index contributed by atoms with van der Waals surface area (Å²) in [7, 11) is 3.99. The molecule has 0 N–H and O–H groups in total. The first-order chi connectivity index (χ1) is 13.6. The van der Waals surface area contributed by atoms with Gasteiger partial charge in [-0.05, 0) is 49.8 Å². The molecule has 1 amide bonds. The third-order valence-corrected chi connectivity index (χ3v) is 6.83. The lowest BCUT2D eigenvalue weighted by Gasteiger charge is -2.44. The molecule has 5 nitrogen and oxygen atoms in total. The molecule has 2 fully saturated rings. The first-order valence-corrected chi connectivity index (χ1v) is 10.5. The SMILES string of the molecule is Cn1ncc(C(=O)N2CCCC3CCCCC32)c1-c1ccc2c(ccn2C)c1. The lowest BCUT2D eigenvalue weighted by Crippen LogP contribution is -2.49. The van der Waals surface area contributed by atoms with Crippen molar-refractivity contribution in [2.45, 2.75) is 44.6 Å². The number of hydrogen-bond donors (Lipinski definition) is 0. The minimum Gasteiger partial charge on any atom is -0.351 e. The average Bonchev–Trinajstić information content (AvgIpc) is 3.29. The number of nitrogens with zero attached hydrogens (tertiary/aromatic N) is 4. The molecule has 0 radical (unpaired) electrons. The summed E-state index contributed by atoms with van der Waals surface area (Å²) in [6.07, 6.45) is 11.2. The van der Waals surface area contributed by atoms with Crippen LogP contribution in [0.5, 0.6) is 0 Å². The average molecular weight is 377 g/mol. The van der Waals surface area contributed by atoms with Crippen LogP contribution in [0.1, 0.15) is 48.9 Å². The predicted molar refractivity (Wildman–Crippen MR) is 111 cm³/mol. The van der Waals surface area contributed by atoms with Crippen LogP contribution >= 0.6 is 0 Å². The molecule has 5 rings (SSSR count). The highest BCUT2D eigenvalue weighted by Gasteiger charge is 2.37. The first kappa shape index (κ1) is 17.5. The lowest BCUT2D eigenvalue weighted by molar-refractivity contribution is 0.0391. The van der Waals surface area contributed by atoms with E-state index in [1.165, 1.54) is 36.6 Å². The van der Waals surface area contributed by atoms with Gasteiger partial charge in [-0.3, -0.25) is 9.48 Å². The maximum Gasteiger partial charge on any atom is 0.257 e. The number of aromatic nitrogens is 3. The van der Waals surface area contributed by atoms with Crippen LogP contribution in [0.25, 0.3) is 22.2 Å². The number of aryl methyl sites for hydroxylation is 2. The fourth-order valence-electron chi connectivity index (χ4n) is 5.40. The Bertz CT molecular complexity index is 1030. The fraction of sp³-hybridized carbons (Fsp3) is 0.478. The maximum absolute atomic E-state index is 13.6. The van der Waals surface area contributed by atoms with E-state index in [1.54, 1.807) is 6.20 Å². The number of carbonyl (C=O) groups excluding carboxylic acids is 1. The Labute approximate surface area is 165 Å². The number of rotatable bonds is 2. The van der Waals surface area contributed by atoms with Crippen molar-refractivity contribution in [3.8, 4) is 11.3 Å². The second kappa shape index (κ2) is 6.80. The van der Waals surface area contributed by atoms with E-state index in [1.807, 2.05) is 11.7 Å². The second-order valence-electron chi connectivity index (χ2n) is 8.48. The molecule has 1 aliphatic heterocycles. The van der Waals surface area contributed by atoms with Gasteiger partial charge >= 0.3 is 0 Å². The number of likely N-dealkylation sites (tertiary alicyclic amines) is 1. The molecule has 2 atom stereocenters. The van der Waals surface area contributed by atoms with E-state index in [0.29, 0.717) is 12.0 Å². The molecule has 3 heterocycles. The van der Waals surface area contributed by atoms with Crippen molar-refractivity contribution in [3.63, 3.8) is 0 Å². The smallest absolute Gasteiger partial charge is 0.257 e. The highest BCUT2D eigenvalue weighted by atomic mass is 16.2. The third kappa shape index (κ3) is 2.76. The van der Waals surface area contributed by atoms with Crippen molar-refractivity contribution in [2.75, 3.05) is 6.54 Å². The van der Waals surface area contributed by atoms with Gasteiger partial charge in [0.05, 0.1) is 17.5 Å². The van der Waals surface area contributed by atoms with Crippen molar-refractivity contribution in [2.24, 2.45) is 20.0 Å². The van der Waals surface area contributed by atoms with Gasteiger partial charge in [-0.25, -0.2) is 0 Å². The van der Waals surface area contributed by atoms with Crippen molar-refractivity contribution in [1.29, 1.82) is 0 Å². The van der Waals surface area contributed by atoms with Gasteiger partial charge in [0, 0.05) is 49.3 Å². The summed E-state index contributed by atoms with van der Waals surface area (Å²) >= 11 is 0. The van der Waals surface area contributed by atoms with Gasteiger partial charge in [-0.1, -0.05) is 18.9 Å². The predicted octanol–water partition coefficient (Wildman–Crippen LogP) is 4.37. The molecule has 2 aliphatic rings. The Kier molecular flexibility index (Phi) is 4.26. The normalized spacial score (nSPS) is 22.4. The first-order valence-electron chi connectivity index (χ1n) is 10.5. The number of fused-ring (bicyclic) bond motifs is 2. The van der Waals surface area contributed by atoms with Crippen LogP contribution in [0.15, 0.2) is 36.7 Å². The van der Waals surface area contributed by atoms with Crippen LogP contribution in [0, 0.1) is 5.92 Å². The number of amides is 1. The van der Waals surface area contributed by atoms with Crippen molar-refractivity contribution in [1.82, 2.24) is 19.2 Å². The van der Waals surface area contributed by atoms with Gasteiger partial charge in [0.1, 0.15) is 0 Å². The van der Waals surface area contributed by atoms with Crippen LogP contribution < -0.4 is 0 Å². The van der Waals surface area contributed by atoms with E-state index in [2.05, 4.69) is 52.1 Å². The van der Waals surface area contributed by atoms with E-state index in [4.69, 9.17) is 0 Å². The summed E-state index contributed by atoms with van der Waals surface area (Å²) < 4.78 is 3.96. The fourth-order valence-corrected chi connectivity index (χ4v) is 5.40. The van der Waals surface area contributed by atoms with Gasteiger partial charge < -0.3 is 9.47 Å². The summed E-state index contributed by atoms with van der Waals surface area (Å²) in [5.74, 6) is 0.847. The summed E-state index contributed by atoms with van der Waals surface area (Å²) in [6, 6.07) is 8.94. The minimum atomic E-state index is 0.160. The van der Waals surface area contributed by atoms with Gasteiger partial charge in [-0.2, -0.15) is 5.10 Å². The molecule has 2 aromatic heterocycles. The molecular weight excluding hydrogens is 348 g/mol. The molecule has 0 bridgehead atoms. The number of benzene rings is 1. The monoisotopic (exact) mass is 376 g/mol. The van der Waals surface area contributed by atoms with E-state index in [-0.39, 0.29) is 5.91 Å². The van der Waals surface area contributed by atoms with Gasteiger partial charge in [0.15, 0.2) is 0 Å². The number of hydrogen-bond acceptors (Lipinski definition) is 2. The zero-order chi connectivity index (χ0) is 19.3. The summed E-state index contributed by atoms with van der Waals surface area (Å²) in [5, 5.41) is 5.65. The Morgan fingerprint density at radius 1 is 1.07 bits per heavy atom. The van der Waals surface area contributed by atoms with Crippen LogP contribution in [0.4, 0.5) is 0 Å². The van der Waals surface area contributed by atoms with Gasteiger partial charge in [-0.15, -0.1) is 0 Å². The molecule has 1 aliphatic carbocycles. The summed E-state index contributed by atoms with van der Waals surface area (Å²) in [6.45, 7) is 0.881. The minimum absolute atomic E-state index is 0.160. The topological polar surface area (TPSA) is 43.1 Å². The molecule has 2 unspecified atom stereocenters. The Hall–Kier alpha value is -2.56. The number of piperidine rings is 1. The molecule has 1 saturated carbocycles. The summed E-state index contributed by atoms with van der Waals surface area (Å²) in [4.78, 5) is 15.8. The van der Waals surface area contributed by atoms with Crippen LogP contribution in [0.3, 0.4) is 0 Å². The molecule has 146 valence electrons. The number of carbonyl (C=O) groups is 1. The van der Waals surface area contributed by atoms with E-state index in [9.17, 15) is 4.79 Å². The van der Waals surface area contributed by atoms with Crippen molar-refractivity contribution < 1.29 is 4.79 Å². The Morgan fingerprint density at radius 3 is 2.79 bits per heavy atom. The molecule has 1 saturated heterocycles. The third-order valence-electron chi connectivity index (χ3n) is 6.83. The Morgan fingerprint density at radius 2 is 1.89 bits per heavy atom. The molecular formula is C23H28N4O. The van der Waals surface area contributed by atoms with Crippen LogP contribution in [0.2, 0.25) is 0 Å². The molecule has 5 heteroatoms. The largest absolute Gasteiger partial charge is 0.351 e. The highest BCUT2D eigenvalue weighted by molar-refractivity contribution is 6.01. The van der Waals surface area contributed by atoms with Gasteiger partial charge in [0.2, 0.25) is 0 Å². The molecule has 28 heavy (non-hydrogen) atoms. The Balaban J connectivity index is 1.53. The van der Waals surface area contributed by atoms with Crippen molar-refractivity contribution in [3.05, 3.63) is 42.2 Å². The zero-order valence-corrected chi connectivity index (χ0v) is 16.8. The lowest BCUT2D eigenvalue weighted by atomic mass is 9.78. The quantitative estimate of drug-likeness (QED) is 0.666. The van der Waals surface area contributed by atoms with E-state index < -0.39 is 0 Å². The zero-order valence-electron chi connectivity index (χ0n) is 16.8. The highest BCUT2D eigenvalue weighted by Crippen LogP contribution is 2.37. The molecule has 3 aromatic rings. The van der Waals surface area contributed by atoms with Crippen LogP contribution in [-0.2, 0) is 14.1 Å². The summed E-state index contributed by atoms with van der Waals surface area (Å²) in [5.41, 5.74) is 3.91. The second-order valence-corrected chi connectivity index (χ2v) is 8.48. The van der Waals surface area contributed by atoms with E-state index in [0.717, 1.165) is 36.2 Å². The van der Waals surface area contributed by atoms with Gasteiger partial charge in [0.25, 0.3) is 5.91 Å². The van der Waals surface area contributed by atoms with Crippen LogP contribution in [-0.4, -0.2) is 37.7 Å².